The number of hydrogen-bond donors (Lipinski definition) is 1. The first kappa shape index (κ1) is 34.3. The predicted molar refractivity (Wildman–Crippen MR) is 195 cm³/mol. The fourth-order valence-electron chi connectivity index (χ4n) is 7.65. The molecule has 4 rings (SSSR count). The van der Waals surface area contributed by atoms with Gasteiger partial charge in [0, 0.05) is 16.8 Å². The molecule has 0 saturated heterocycles. The molecule has 0 spiro atoms. The molecule has 0 amide bonds. The molecule has 44 heavy (non-hydrogen) atoms. The first-order chi connectivity index (χ1) is 21.7. The fraction of sp³-hybridized carbons (Fsp3) is 0.581. The van der Waals surface area contributed by atoms with Crippen molar-refractivity contribution in [3.8, 4) is 11.1 Å². The van der Waals surface area contributed by atoms with E-state index in [-0.39, 0.29) is 5.41 Å². The first-order valence-corrected chi connectivity index (χ1v) is 18.8. The van der Waals surface area contributed by atoms with E-state index in [9.17, 15) is 0 Å². The van der Waals surface area contributed by atoms with Crippen LogP contribution in [0.15, 0.2) is 66.7 Å². The first-order valence-electron chi connectivity index (χ1n) is 18.8. The molecule has 0 bridgehead atoms. The Morgan fingerprint density at radius 2 is 0.955 bits per heavy atom. The van der Waals surface area contributed by atoms with Crippen LogP contribution in [-0.4, -0.2) is 0 Å². The highest BCUT2D eigenvalue weighted by molar-refractivity contribution is 5.83. The minimum atomic E-state index is 0.131. The van der Waals surface area contributed by atoms with Crippen molar-refractivity contribution < 1.29 is 0 Å². The lowest BCUT2D eigenvalue weighted by Crippen LogP contribution is -2.26. The lowest BCUT2D eigenvalue weighted by atomic mass is 9.70. The van der Waals surface area contributed by atoms with E-state index in [4.69, 9.17) is 0 Å². The van der Waals surface area contributed by atoms with Crippen LogP contribution in [0.25, 0.3) is 11.1 Å². The van der Waals surface area contributed by atoms with Crippen LogP contribution in [0.3, 0.4) is 0 Å². The molecule has 1 aliphatic carbocycles. The Hall–Kier alpha value is -2.54. The van der Waals surface area contributed by atoms with E-state index >= 15 is 0 Å². The lowest BCUT2D eigenvalue weighted by Gasteiger charge is -2.33. The maximum absolute atomic E-state index is 3.74. The average Bonchev–Trinajstić information content (AvgIpc) is 3.31. The maximum Gasteiger partial charge on any atom is 0.0387 e. The number of fused-ring (bicyclic) bond motifs is 3. The van der Waals surface area contributed by atoms with Crippen molar-refractivity contribution in [2.24, 2.45) is 0 Å². The highest BCUT2D eigenvalue weighted by Gasteiger charge is 2.42. The quantitative estimate of drug-likeness (QED) is 0.108. The molecule has 1 heteroatoms. The van der Waals surface area contributed by atoms with Crippen molar-refractivity contribution >= 4 is 11.4 Å². The molecule has 0 heterocycles. The van der Waals surface area contributed by atoms with E-state index in [1.165, 1.54) is 157 Å². The molecule has 3 aromatic carbocycles. The van der Waals surface area contributed by atoms with Crippen molar-refractivity contribution in [3.05, 3.63) is 83.4 Å². The summed E-state index contributed by atoms with van der Waals surface area (Å²) in [4.78, 5) is 0. The van der Waals surface area contributed by atoms with E-state index in [0.29, 0.717) is 0 Å². The Morgan fingerprint density at radius 3 is 1.55 bits per heavy atom. The second-order valence-corrected chi connectivity index (χ2v) is 13.8. The molecule has 0 atom stereocenters. The minimum Gasteiger partial charge on any atom is -0.356 e. The Balaban J connectivity index is 1.63. The van der Waals surface area contributed by atoms with Gasteiger partial charge in [-0.3, -0.25) is 0 Å². The molecule has 0 aliphatic heterocycles. The minimum absolute atomic E-state index is 0.131. The van der Waals surface area contributed by atoms with Crippen LogP contribution in [0.2, 0.25) is 0 Å². The average molecular weight is 594 g/mol. The van der Waals surface area contributed by atoms with Crippen LogP contribution in [0.5, 0.6) is 0 Å². The van der Waals surface area contributed by atoms with E-state index < -0.39 is 0 Å². The third-order valence-corrected chi connectivity index (χ3v) is 10.2. The van der Waals surface area contributed by atoms with Gasteiger partial charge in [-0.25, -0.2) is 0 Å². The third-order valence-electron chi connectivity index (χ3n) is 10.2. The van der Waals surface area contributed by atoms with Crippen molar-refractivity contribution in [3.63, 3.8) is 0 Å². The summed E-state index contributed by atoms with van der Waals surface area (Å²) in [6.45, 7) is 6.96. The zero-order valence-electron chi connectivity index (χ0n) is 28.7. The molecule has 3 aromatic rings. The zero-order valence-corrected chi connectivity index (χ0v) is 28.7. The van der Waals surface area contributed by atoms with Gasteiger partial charge < -0.3 is 5.32 Å². The standard InChI is InChI=1S/C43H63N/c1-4-7-10-13-16-20-25-36-28-30-39-40-31-29-38(44-37-26-21-19-22-27-37)35-42(40)43(41(39)34-36,32-23-17-14-11-8-5-2)33-24-18-15-12-9-6-3/h19,21-22,26-31,34-35,44H,4-18,20,23-25,32-33H2,1-3H3. The highest BCUT2D eigenvalue weighted by atomic mass is 14.9. The molecule has 0 aromatic heterocycles. The molecular weight excluding hydrogens is 530 g/mol. The fourth-order valence-corrected chi connectivity index (χ4v) is 7.65. The van der Waals surface area contributed by atoms with Gasteiger partial charge in [-0.2, -0.15) is 0 Å². The molecule has 1 aliphatic rings. The van der Waals surface area contributed by atoms with Gasteiger partial charge in [-0.1, -0.05) is 172 Å². The summed E-state index contributed by atoms with van der Waals surface area (Å²) in [6, 6.07) is 25.6. The Morgan fingerprint density at radius 1 is 0.455 bits per heavy atom. The summed E-state index contributed by atoms with van der Waals surface area (Å²) in [5.41, 5.74) is 10.3. The number of hydrogen-bond acceptors (Lipinski definition) is 1. The molecule has 0 fully saturated rings. The topological polar surface area (TPSA) is 12.0 Å². The largest absolute Gasteiger partial charge is 0.356 e. The Bertz CT molecular complexity index is 1190. The summed E-state index contributed by atoms with van der Waals surface area (Å²) >= 11 is 0. The lowest BCUT2D eigenvalue weighted by molar-refractivity contribution is 0.397. The second-order valence-electron chi connectivity index (χ2n) is 13.8. The number of nitrogens with one attached hydrogen (secondary N) is 1. The van der Waals surface area contributed by atoms with Crippen LogP contribution in [-0.2, 0) is 11.8 Å². The number of para-hydroxylation sites is 1. The number of anilines is 2. The van der Waals surface area contributed by atoms with Crippen LogP contribution in [0.1, 0.15) is 166 Å². The van der Waals surface area contributed by atoms with Gasteiger partial charge in [0.15, 0.2) is 0 Å². The van der Waals surface area contributed by atoms with Gasteiger partial charge in [-0.15, -0.1) is 0 Å². The molecule has 0 radical (unpaired) electrons. The predicted octanol–water partition coefficient (Wildman–Crippen LogP) is 14.1. The van der Waals surface area contributed by atoms with Gasteiger partial charge in [0.25, 0.3) is 0 Å². The molecular formula is C43H63N. The van der Waals surface area contributed by atoms with E-state index in [1.54, 1.807) is 16.7 Å². The van der Waals surface area contributed by atoms with Crippen molar-refractivity contribution in [1.82, 2.24) is 0 Å². The van der Waals surface area contributed by atoms with Gasteiger partial charge in [-0.05, 0) is 77.8 Å². The Labute approximate surface area is 271 Å². The number of aryl methyl sites for hydroxylation is 1. The van der Waals surface area contributed by atoms with Crippen LogP contribution < -0.4 is 5.32 Å². The molecule has 1 nitrogen and oxygen atoms in total. The third kappa shape index (κ3) is 9.73. The zero-order chi connectivity index (χ0) is 30.9. The summed E-state index contributed by atoms with van der Waals surface area (Å²) in [5, 5.41) is 3.74. The highest BCUT2D eigenvalue weighted by Crippen LogP contribution is 2.55. The smallest absolute Gasteiger partial charge is 0.0387 e. The van der Waals surface area contributed by atoms with E-state index in [1.807, 2.05) is 0 Å². The normalized spacial score (nSPS) is 13.2. The van der Waals surface area contributed by atoms with Crippen LogP contribution >= 0.6 is 0 Å². The SMILES string of the molecule is CCCCCCCCc1ccc2c(c1)C(CCCCCCCC)(CCCCCCCC)c1cc(Nc3ccccc3)ccc1-2. The van der Waals surface area contributed by atoms with Gasteiger partial charge >= 0.3 is 0 Å². The molecule has 0 saturated carbocycles. The van der Waals surface area contributed by atoms with Crippen molar-refractivity contribution in [2.45, 2.75) is 161 Å². The summed E-state index contributed by atoms with van der Waals surface area (Å²) in [7, 11) is 0. The van der Waals surface area contributed by atoms with E-state index in [2.05, 4.69) is 92.8 Å². The Kier molecular flexibility index (Phi) is 14.9. The molecule has 240 valence electrons. The number of benzene rings is 3. The van der Waals surface area contributed by atoms with E-state index in [0.717, 1.165) is 0 Å². The molecule has 1 N–H and O–H groups in total. The van der Waals surface area contributed by atoms with Gasteiger partial charge in [0.05, 0.1) is 0 Å². The van der Waals surface area contributed by atoms with Crippen LogP contribution in [0, 0.1) is 0 Å². The monoisotopic (exact) mass is 593 g/mol. The molecule has 0 unspecified atom stereocenters. The number of rotatable bonds is 23. The number of unbranched alkanes of at least 4 members (excludes halogenated alkanes) is 15. The summed E-state index contributed by atoms with van der Waals surface area (Å²) < 4.78 is 0. The van der Waals surface area contributed by atoms with Crippen molar-refractivity contribution in [2.75, 3.05) is 5.32 Å². The summed E-state index contributed by atoms with van der Waals surface area (Å²) in [5.74, 6) is 0. The van der Waals surface area contributed by atoms with Gasteiger partial charge in [0.2, 0.25) is 0 Å². The van der Waals surface area contributed by atoms with Crippen molar-refractivity contribution in [1.29, 1.82) is 0 Å². The maximum atomic E-state index is 3.74. The second kappa shape index (κ2) is 19.1. The van der Waals surface area contributed by atoms with Crippen LogP contribution in [0.4, 0.5) is 11.4 Å². The van der Waals surface area contributed by atoms with Gasteiger partial charge in [0.1, 0.15) is 0 Å². The summed E-state index contributed by atoms with van der Waals surface area (Å²) in [6.07, 6.45) is 28.3.